The van der Waals surface area contributed by atoms with Crippen LogP contribution in [0.4, 0.5) is 0 Å². The topological polar surface area (TPSA) is 22.0 Å². The van der Waals surface area contributed by atoms with Crippen LogP contribution >= 0.6 is 0 Å². The highest BCUT2D eigenvalue weighted by Gasteiger charge is 2.20. The Morgan fingerprint density at radius 1 is 0.545 bits per heavy atom. The van der Waals surface area contributed by atoms with E-state index >= 15 is 0 Å². The minimum atomic E-state index is 0.0263. The third-order valence-electron chi connectivity index (χ3n) is 9.27. The van der Waals surface area contributed by atoms with Crippen LogP contribution in [0.1, 0.15) is 29.5 Å². The Labute approximate surface area is 257 Å². The summed E-state index contributed by atoms with van der Waals surface area (Å²) in [4.78, 5) is 14.1. The molecule has 1 heterocycles. The molecule has 212 valence electrons. The highest BCUT2D eigenvalue weighted by atomic mass is 16.1. The van der Waals surface area contributed by atoms with Gasteiger partial charge in [-0.3, -0.25) is 9.36 Å². The fraction of sp³-hybridized carbons (Fsp3) is 0.119. The average Bonchev–Trinajstić information content (AvgIpc) is 3.04. The fourth-order valence-corrected chi connectivity index (χ4v) is 7.54. The summed E-state index contributed by atoms with van der Waals surface area (Å²) >= 11 is 0. The maximum atomic E-state index is 14.1. The Bertz CT molecular complexity index is 2360. The first-order valence-corrected chi connectivity index (χ1v) is 15.5. The summed E-state index contributed by atoms with van der Waals surface area (Å²) in [6.07, 6.45) is 8.36. The van der Waals surface area contributed by atoms with Crippen LogP contribution in [0.15, 0.2) is 126 Å². The second kappa shape index (κ2) is 10.2. The molecule has 0 amide bonds. The van der Waals surface area contributed by atoms with Crippen LogP contribution in [0.5, 0.6) is 0 Å². The fourth-order valence-electron chi connectivity index (χ4n) is 7.54. The number of hydrogen-bond donors (Lipinski definition) is 0. The van der Waals surface area contributed by atoms with Gasteiger partial charge in [-0.05, 0) is 118 Å². The lowest BCUT2D eigenvalue weighted by Gasteiger charge is -2.21. The zero-order chi connectivity index (χ0) is 29.9. The average molecular weight is 568 g/mol. The molecule has 0 radical (unpaired) electrons. The van der Waals surface area contributed by atoms with Crippen molar-refractivity contribution in [3.05, 3.63) is 148 Å². The summed E-state index contributed by atoms with van der Waals surface area (Å²) < 4.78 is 1.89. The highest BCUT2D eigenvalue weighted by Crippen LogP contribution is 2.46. The Morgan fingerprint density at radius 2 is 1.14 bits per heavy atom. The maximum absolute atomic E-state index is 14.1. The van der Waals surface area contributed by atoms with E-state index in [0.717, 1.165) is 45.8 Å². The summed E-state index contributed by atoms with van der Waals surface area (Å²) in [6.45, 7) is 6.63. The SMILES string of the molecule is Cc1cc(C)c(-c2c3ccccc3c(-c3ccc4c(=O)n(C5=CCCC=C5)c5ccccc5c4c3)c3ccccc23)c(C)c1. The first-order valence-electron chi connectivity index (χ1n) is 15.5. The third-order valence-corrected chi connectivity index (χ3v) is 9.27. The molecule has 0 bridgehead atoms. The van der Waals surface area contributed by atoms with Gasteiger partial charge < -0.3 is 0 Å². The van der Waals surface area contributed by atoms with E-state index in [0.29, 0.717) is 0 Å². The van der Waals surface area contributed by atoms with Crippen molar-refractivity contribution in [2.45, 2.75) is 33.6 Å². The molecule has 0 fully saturated rings. The van der Waals surface area contributed by atoms with Crippen molar-refractivity contribution < 1.29 is 0 Å². The number of allylic oxidation sites excluding steroid dienone is 4. The molecule has 0 saturated heterocycles. The van der Waals surface area contributed by atoms with Gasteiger partial charge in [0, 0.05) is 16.5 Å². The number of hydrogen-bond acceptors (Lipinski definition) is 1. The summed E-state index contributed by atoms with van der Waals surface area (Å²) in [6, 6.07) is 36.9. The van der Waals surface area contributed by atoms with Crippen LogP contribution in [-0.4, -0.2) is 4.57 Å². The standard InChI is InChI=1S/C42H33NO/c1-26-23-27(2)39(28(3)24-26)41-34-18-9-7-16-32(34)40(33-17-8-10-19-35(33)41)29-21-22-36-37(25-29)31-15-11-12-20-38(31)43(42(36)44)30-13-5-4-6-14-30/h5,7-25H,4,6H2,1-3H3. The normalized spacial score (nSPS) is 13.3. The van der Waals surface area contributed by atoms with Gasteiger partial charge in [-0.1, -0.05) is 103 Å². The monoisotopic (exact) mass is 567 g/mol. The largest absolute Gasteiger partial charge is 0.277 e. The van der Waals surface area contributed by atoms with E-state index in [4.69, 9.17) is 0 Å². The molecule has 0 N–H and O–H groups in total. The van der Waals surface area contributed by atoms with E-state index in [1.54, 1.807) is 0 Å². The Morgan fingerprint density at radius 3 is 1.75 bits per heavy atom. The lowest BCUT2D eigenvalue weighted by molar-refractivity contribution is 0.998. The molecule has 44 heavy (non-hydrogen) atoms. The predicted octanol–water partition coefficient (Wildman–Crippen LogP) is 10.9. The van der Waals surface area contributed by atoms with Crippen molar-refractivity contribution >= 4 is 48.9 Å². The second-order valence-electron chi connectivity index (χ2n) is 12.1. The molecule has 0 unspecified atom stereocenters. The van der Waals surface area contributed by atoms with Crippen molar-refractivity contribution in [2.24, 2.45) is 0 Å². The van der Waals surface area contributed by atoms with E-state index in [1.165, 1.54) is 54.9 Å². The van der Waals surface area contributed by atoms with Crippen LogP contribution in [0.2, 0.25) is 0 Å². The molecular weight excluding hydrogens is 534 g/mol. The van der Waals surface area contributed by atoms with Crippen molar-refractivity contribution in [1.29, 1.82) is 0 Å². The van der Waals surface area contributed by atoms with Gasteiger partial charge in [0.25, 0.3) is 5.56 Å². The molecule has 0 atom stereocenters. The van der Waals surface area contributed by atoms with Gasteiger partial charge in [0.1, 0.15) is 0 Å². The summed E-state index contributed by atoms with van der Waals surface area (Å²) in [7, 11) is 0. The van der Waals surface area contributed by atoms with Gasteiger partial charge >= 0.3 is 0 Å². The highest BCUT2D eigenvalue weighted by molar-refractivity contribution is 6.22. The van der Waals surface area contributed by atoms with Crippen molar-refractivity contribution in [1.82, 2.24) is 4.57 Å². The first-order chi connectivity index (χ1) is 21.5. The smallest absolute Gasteiger partial charge is 0.263 e. The minimum Gasteiger partial charge on any atom is -0.277 e. The number of nitrogens with zero attached hydrogens (tertiary/aromatic N) is 1. The number of aromatic nitrogens is 1. The number of rotatable bonds is 3. The number of pyridine rings is 1. The lowest BCUT2D eigenvalue weighted by atomic mass is 9.83. The zero-order valence-electron chi connectivity index (χ0n) is 25.3. The van der Waals surface area contributed by atoms with E-state index in [1.807, 2.05) is 16.7 Å². The van der Waals surface area contributed by atoms with Crippen molar-refractivity contribution in [3.8, 4) is 22.3 Å². The van der Waals surface area contributed by atoms with Crippen molar-refractivity contribution in [3.63, 3.8) is 0 Å². The zero-order valence-corrected chi connectivity index (χ0v) is 25.3. The van der Waals surface area contributed by atoms with Crippen LogP contribution in [-0.2, 0) is 0 Å². The van der Waals surface area contributed by atoms with Crippen LogP contribution in [0.3, 0.4) is 0 Å². The molecule has 0 saturated carbocycles. The van der Waals surface area contributed by atoms with Gasteiger partial charge in [0.2, 0.25) is 0 Å². The molecule has 8 rings (SSSR count). The van der Waals surface area contributed by atoms with Crippen molar-refractivity contribution in [2.75, 3.05) is 0 Å². The third kappa shape index (κ3) is 3.98. The molecule has 6 aromatic carbocycles. The minimum absolute atomic E-state index is 0.0263. The first kappa shape index (κ1) is 26.4. The lowest BCUT2D eigenvalue weighted by Crippen LogP contribution is -2.20. The molecule has 1 aromatic heterocycles. The van der Waals surface area contributed by atoms with Gasteiger partial charge in [-0.15, -0.1) is 0 Å². The van der Waals surface area contributed by atoms with E-state index < -0.39 is 0 Å². The number of fused-ring (bicyclic) bond motifs is 5. The molecule has 2 nitrogen and oxygen atoms in total. The summed E-state index contributed by atoms with van der Waals surface area (Å²) in [5.74, 6) is 0. The number of benzene rings is 6. The Kier molecular flexibility index (Phi) is 6.13. The van der Waals surface area contributed by atoms with Crippen LogP contribution in [0, 0.1) is 20.8 Å². The predicted molar refractivity (Wildman–Crippen MR) is 188 cm³/mol. The van der Waals surface area contributed by atoms with Gasteiger partial charge in [0.15, 0.2) is 0 Å². The molecular formula is C42H33NO. The van der Waals surface area contributed by atoms with E-state index in [9.17, 15) is 4.79 Å². The Hall–Kier alpha value is -5.21. The van der Waals surface area contributed by atoms with Crippen LogP contribution in [0.25, 0.3) is 71.2 Å². The van der Waals surface area contributed by atoms with Crippen LogP contribution < -0.4 is 5.56 Å². The number of aryl methyl sites for hydroxylation is 3. The summed E-state index contributed by atoms with van der Waals surface area (Å²) in [5.41, 5.74) is 10.7. The summed E-state index contributed by atoms with van der Waals surface area (Å²) in [5, 5.41) is 7.73. The molecule has 0 aliphatic heterocycles. The van der Waals surface area contributed by atoms with E-state index in [2.05, 4.69) is 130 Å². The van der Waals surface area contributed by atoms with Gasteiger partial charge in [-0.2, -0.15) is 0 Å². The van der Waals surface area contributed by atoms with Gasteiger partial charge in [-0.25, -0.2) is 0 Å². The maximum Gasteiger partial charge on any atom is 0.263 e. The Balaban J connectivity index is 1.47. The second-order valence-corrected chi connectivity index (χ2v) is 12.1. The molecule has 1 aliphatic rings. The molecule has 1 aliphatic carbocycles. The molecule has 0 spiro atoms. The van der Waals surface area contributed by atoms with E-state index in [-0.39, 0.29) is 5.56 Å². The molecule has 2 heteroatoms. The molecule has 7 aromatic rings. The number of para-hydroxylation sites is 1. The van der Waals surface area contributed by atoms with Gasteiger partial charge in [0.05, 0.1) is 5.52 Å². The quantitative estimate of drug-likeness (QED) is 0.154.